The van der Waals surface area contributed by atoms with Crippen LogP contribution in [0.3, 0.4) is 0 Å². The number of aliphatic hydroxyl groups is 3. The number of fused-ring (bicyclic) bond motifs is 5. The fourth-order valence-corrected chi connectivity index (χ4v) is 9.05. The van der Waals surface area contributed by atoms with Crippen LogP contribution in [-0.2, 0) is 0 Å². The first-order valence-corrected chi connectivity index (χ1v) is 12.8. The van der Waals surface area contributed by atoms with Crippen LogP contribution in [0, 0.1) is 46.3 Å². The summed E-state index contributed by atoms with van der Waals surface area (Å²) in [5.41, 5.74) is 1.78. The van der Waals surface area contributed by atoms with Gasteiger partial charge in [-0.25, -0.2) is 0 Å². The van der Waals surface area contributed by atoms with Crippen LogP contribution in [0.15, 0.2) is 11.6 Å². The predicted molar refractivity (Wildman–Crippen MR) is 122 cm³/mol. The lowest BCUT2D eigenvalue weighted by Crippen LogP contribution is -2.64. The monoisotopic (exact) mass is 418 g/mol. The van der Waals surface area contributed by atoms with E-state index in [1.807, 2.05) is 0 Å². The number of hydrogen-bond acceptors (Lipinski definition) is 3. The second-order valence-corrected chi connectivity index (χ2v) is 12.4. The Morgan fingerprint density at radius 1 is 0.900 bits per heavy atom. The molecule has 0 bridgehead atoms. The molecule has 0 aromatic carbocycles. The first-order valence-electron chi connectivity index (χ1n) is 12.8. The fourth-order valence-electron chi connectivity index (χ4n) is 9.05. The summed E-state index contributed by atoms with van der Waals surface area (Å²) in [7, 11) is 0. The third-order valence-corrected chi connectivity index (χ3v) is 10.7. The van der Waals surface area contributed by atoms with Crippen LogP contribution >= 0.6 is 0 Å². The lowest BCUT2D eigenvalue weighted by molar-refractivity contribution is -0.223. The van der Waals surface area contributed by atoms with Crippen molar-refractivity contribution in [1.82, 2.24) is 0 Å². The summed E-state index contributed by atoms with van der Waals surface area (Å²) in [4.78, 5) is 0. The van der Waals surface area contributed by atoms with Crippen molar-refractivity contribution >= 4 is 0 Å². The van der Waals surface area contributed by atoms with Gasteiger partial charge in [0, 0.05) is 0 Å². The zero-order chi connectivity index (χ0) is 21.8. The maximum atomic E-state index is 11.4. The average Bonchev–Trinajstić information content (AvgIpc) is 3.04. The summed E-state index contributed by atoms with van der Waals surface area (Å²) in [6.07, 6.45) is 10.6. The molecule has 172 valence electrons. The first kappa shape index (κ1) is 22.8. The molecule has 3 N–H and O–H groups in total. The van der Waals surface area contributed by atoms with Gasteiger partial charge in [0.1, 0.15) is 0 Å². The van der Waals surface area contributed by atoms with E-state index in [2.05, 4.69) is 40.7 Å². The topological polar surface area (TPSA) is 60.7 Å². The summed E-state index contributed by atoms with van der Waals surface area (Å²) in [6.45, 7) is 11.7. The van der Waals surface area contributed by atoms with Crippen LogP contribution < -0.4 is 0 Å². The van der Waals surface area contributed by atoms with E-state index in [0.29, 0.717) is 29.6 Å². The Bertz CT molecular complexity index is 654. The molecule has 0 heterocycles. The van der Waals surface area contributed by atoms with Gasteiger partial charge in [0.15, 0.2) is 0 Å². The molecule has 4 aliphatic rings. The molecule has 3 heteroatoms. The van der Waals surface area contributed by atoms with Crippen molar-refractivity contribution in [3.63, 3.8) is 0 Å². The van der Waals surface area contributed by atoms with Crippen molar-refractivity contribution in [1.29, 1.82) is 0 Å². The van der Waals surface area contributed by atoms with Crippen LogP contribution in [-0.4, -0.2) is 33.6 Å². The van der Waals surface area contributed by atoms with Crippen LogP contribution in [0.25, 0.3) is 0 Å². The van der Waals surface area contributed by atoms with Gasteiger partial charge < -0.3 is 15.3 Å². The van der Waals surface area contributed by atoms with E-state index in [1.54, 1.807) is 0 Å². The lowest BCUT2D eigenvalue weighted by Gasteiger charge is -2.63. The minimum Gasteiger partial charge on any atom is -0.393 e. The number of allylic oxidation sites excluding steroid dienone is 2. The van der Waals surface area contributed by atoms with E-state index in [4.69, 9.17) is 0 Å². The summed E-state index contributed by atoms with van der Waals surface area (Å²) in [5, 5.41) is 32.8. The number of rotatable bonds is 4. The van der Waals surface area contributed by atoms with Crippen LogP contribution in [0.2, 0.25) is 0 Å². The molecule has 4 saturated carbocycles. The van der Waals surface area contributed by atoms with Gasteiger partial charge in [0.05, 0.1) is 18.3 Å². The van der Waals surface area contributed by atoms with Crippen molar-refractivity contribution in [3.05, 3.63) is 11.6 Å². The van der Waals surface area contributed by atoms with Gasteiger partial charge in [0.25, 0.3) is 0 Å². The standard InChI is InChI=1S/C27H46O3/c1-16(2)7-6-8-17(3)19-9-10-20-23-21(12-14-26(19,20)4)27(5)13-11-18(28)15-22(27)24(29)25(23)30/h7,17-25,28-30H,6,8-15H2,1-5H3/t17-,18-,19-,20-,21-,22-,23-,24+,25-,26-,27-/m1/s1. The van der Waals surface area contributed by atoms with Crippen molar-refractivity contribution in [2.24, 2.45) is 46.3 Å². The molecule has 0 radical (unpaired) electrons. The Morgan fingerprint density at radius 3 is 2.27 bits per heavy atom. The van der Waals surface area contributed by atoms with Gasteiger partial charge >= 0.3 is 0 Å². The zero-order valence-electron chi connectivity index (χ0n) is 20.0. The predicted octanol–water partition coefficient (Wildman–Crippen LogP) is 5.33. The smallest absolute Gasteiger partial charge is 0.0836 e. The van der Waals surface area contributed by atoms with Crippen molar-refractivity contribution in [2.45, 2.75) is 111 Å². The molecule has 0 unspecified atom stereocenters. The molecule has 0 saturated heterocycles. The molecule has 4 fully saturated rings. The van der Waals surface area contributed by atoms with Gasteiger partial charge in [-0.1, -0.05) is 32.4 Å². The van der Waals surface area contributed by atoms with E-state index in [9.17, 15) is 15.3 Å². The van der Waals surface area contributed by atoms with E-state index in [-0.39, 0.29) is 23.4 Å². The zero-order valence-corrected chi connectivity index (χ0v) is 20.0. The highest BCUT2D eigenvalue weighted by Crippen LogP contribution is 2.68. The quantitative estimate of drug-likeness (QED) is 0.541. The summed E-state index contributed by atoms with van der Waals surface area (Å²) >= 11 is 0. The van der Waals surface area contributed by atoms with Gasteiger partial charge in [-0.05, 0) is 118 Å². The second kappa shape index (κ2) is 8.19. The molecule has 30 heavy (non-hydrogen) atoms. The van der Waals surface area contributed by atoms with E-state index in [1.165, 1.54) is 44.1 Å². The Morgan fingerprint density at radius 2 is 1.57 bits per heavy atom. The molecular weight excluding hydrogens is 372 g/mol. The van der Waals surface area contributed by atoms with Crippen molar-refractivity contribution in [3.8, 4) is 0 Å². The maximum absolute atomic E-state index is 11.4. The van der Waals surface area contributed by atoms with Crippen LogP contribution in [0.1, 0.15) is 92.4 Å². The Labute approximate surface area is 184 Å². The Kier molecular flexibility index (Phi) is 6.23. The second-order valence-electron chi connectivity index (χ2n) is 12.4. The van der Waals surface area contributed by atoms with Gasteiger partial charge in [0.2, 0.25) is 0 Å². The Balaban J connectivity index is 1.56. The Hall–Kier alpha value is -0.380. The van der Waals surface area contributed by atoms with Crippen LogP contribution in [0.5, 0.6) is 0 Å². The molecule has 11 atom stereocenters. The highest BCUT2D eigenvalue weighted by atomic mass is 16.3. The van der Waals surface area contributed by atoms with Crippen molar-refractivity contribution < 1.29 is 15.3 Å². The van der Waals surface area contributed by atoms with Gasteiger partial charge in [-0.3, -0.25) is 0 Å². The average molecular weight is 419 g/mol. The van der Waals surface area contributed by atoms with E-state index in [0.717, 1.165) is 18.8 Å². The van der Waals surface area contributed by atoms with E-state index >= 15 is 0 Å². The normalized spacial score (nSPS) is 51.5. The highest BCUT2D eigenvalue weighted by Gasteiger charge is 2.65. The molecule has 4 rings (SSSR count). The summed E-state index contributed by atoms with van der Waals surface area (Å²) < 4.78 is 0. The highest BCUT2D eigenvalue weighted by molar-refractivity contribution is 5.14. The molecule has 4 aliphatic carbocycles. The summed E-state index contributed by atoms with van der Waals surface area (Å²) in [5.74, 6) is 2.74. The molecule has 0 aromatic rings. The maximum Gasteiger partial charge on any atom is 0.0836 e. The third kappa shape index (κ3) is 3.52. The summed E-state index contributed by atoms with van der Waals surface area (Å²) in [6, 6.07) is 0. The van der Waals surface area contributed by atoms with Gasteiger partial charge in [-0.2, -0.15) is 0 Å². The molecular formula is C27H46O3. The van der Waals surface area contributed by atoms with Crippen LogP contribution in [0.4, 0.5) is 0 Å². The minimum absolute atomic E-state index is 0.0436. The SMILES string of the molecule is CC(C)=CCC[C@@H](C)[C@H]1CC[C@@H]2[C@H]3[C@@H](O)[C@@H](O)[C@H]4C[C@H](O)CC[C@]4(C)[C@@H]3CC[C@@]21C. The first-order chi connectivity index (χ1) is 14.1. The number of hydrogen-bond donors (Lipinski definition) is 3. The van der Waals surface area contributed by atoms with Gasteiger partial charge in [-0.15, -0.1) is 0 Å². The number of aliphatic hydroxyl groups excluding tert-OH is 3. The third-order valence-electron chi connectivity index (χ3n) is 10.7. The molecule has 0 amide bonds. The fraction of sp³-hybridized carbons (Fsp3) is 0.926. The minimum atomic E-state index is -0.678. The largest absolute Gasteiger partial charge is 0.393 e. The molecule has 3 nitrogen and oxygen atoms in total. The van der Waals surface area contributed by atoms with E-state index < -0.39 is 12.2 Å². The molecule has 0 aliphatic heterocycles. The van der Waals surface area contributed by atoms with Crippen molar-refractivity contribution in [2.75, 3.05) is 0 Å². The molecule has 0 spiro atoms. The lowest BCUT2D eigenvalue weighted by atomic mass is 9.43. The molecule has 0 aromatic heterocycles.